The third kappa shape index (κ3) is 6.49. The van der Waals surface area contributed by atoms with Gasteiger partial charge in [0, 0.05) is 6.42 Å². The van der Waals surface area contributed by atoms with Gasteiger partial charge < -0.3 is 14.3 Å². The minimum atomic E-state index is -2.87. The number of fused-ring (bicyclic) bond motifs is 1. The molecule has 0 fully saturated rings. The van der Waals surface area contributed by atoms with Crippen LogP contribution in [0.3, 0.4) is 0 Å². The standard InChI is InChI=1S/C41H43NO4Si/c1-40(2,3)47(34-22-12-6-13-23-34,35-24-14-7-15-25-35)46-38-28-16-27-37-36(38)26-17-29-41(37,44)30-31-45-39(43)42(32-18-8-4-9-19-32)33-20-10-5-11-21-33/h4-16,18-25,27-28,44H,17,26,29-31H2,1-3H3. The maximum absolute atomic E-state index is 13.5. The van der Waals surface area contributed by atoms with Crippen LogP contribution in [0.4, 0.5) is 16.2 Å². The summed E-state index contributed by atoms with van der Waals surface area (Å²) in [6, 6.07) is 46.2. The first-order valence-corrected chi connectivity index (χ1v) is 18.4. The molecule has 5 aromatic rings. The van der Waals surface area contributed by atoms with Gasteiger partial charge in [-0.3, -0.25) is 0 Å². The number of rotatable bonds is 9. The van der Waals surface area contributed by atoms with E-state index in [-0.39, 0.29) is 18.1 Å². The first-order valence-electron chi connectivity index (χ1n) is 16.4. The van der Waals surface area contributed by atoms with Crippen molar-refractivity contribution < 1.29 is 19.1 Å². The first kappa shape index (κ1) is 32.3. The molecule has 6 rings (SSSR count). The molecule has 240 valence electrons. The van der Waals surface area contributed by atoms with Crippen molar-refractivity contribution in [1.82, 2.24) is 0 Å². The Morgan fingerprint density at radius 3 is 1.77 bits per heavy atom. The van der Waals surface area contributed by atoms with Crippen LogP contribution in [0.1, 0.15) is 51.2 Å². The van der Waals surface area contributed by atoms with Gasteiger partial charge in [-0.25, -0.2) is 9.69 Å². The monoisotopic (exact) mass is 641 g/mol. The number of carbonyl (C=O) groups excluding carboxylic acids is 1. The van der Waals surface area contributed by atoms with Crippen LogP contribution in [0, 0.1) is 0 Å². The smallest absolute Gasteiger partial charge is 0.418 e. The van der Waals surface area contributed by atoms with Crippen LogP contribution >= 0.6 is 0 Å². The van der Waals surface area contributed by atoms with Gasteiger partial charge >= 0.3 is 14.4 Å². The zero-order valence-corrected chi connectivity index (χ0v) is 28.4. The van der Waals surface area contributed by atoms with E-state index < -0.39 is 20.0 Å². The van der Waals surface area contributed by atoms with Gasteiger partial charge in [-0.1, -0.05) is 130 Å². The van der Waals surface area contributed by atoms with Gasteiger partial charge in [0.2, 0.25) is 0 Å². The highest BCUT2D eigenvalue weighted by atomic mass is 28.4. The maximum atomic E-state index is 13.5. The lowest BCUT2D eigenvalue weighted by Gasteiger charge is -2.44. The molecule has 0 radical (unpaired) electrons. The van der Waals surface area contributed by atoms with E-state index in [9.17, 15) is 9.90 Å². The average molecular weight is 642 g/mol. The van der Waals surface area contributed by atoms with E-state index in [1.165, 1.54) is 10.4 Å². The van der Waals surface area contributed by atoms with E-state index >= 15 is 0 Å². The van der Waals surface area contributed by atoms with Gasteiger partial charge in [0.25, 0.3) is 0 Å². The van der Waals surface area contributed by atoms with Crippen molar-refractivity contribution in [3.05, 3.63) is 151 Å². The number of carbonyl (C=O) groups is 1. The Morgan fingerprint density at radius 1 is 0.745 bits per heavy atom. The SMILES string of the molecule is CC(C)(C)[Si](Oc1cccc2c1CCCC2(O)CCOC(=O)N(c1ccccc1)c1ccccc1)(c1ccccc1)c1ccccc1. The second-order valence-corrected chi connectivity index (χ2v) is 17.5. The maximum Gasteiger partial charge on any atom is 0.418 e. The fourth-order valence-electron chi connectivity index (χ4n) is 7.01. The minimum Gasteiger partial charge on any atom is -0.534 e. The van der Waals surface area contributed by atoms with Gasteiger partial charge in [-0.15, -0.1) is 0 Å². The summed E-state index contributed by atoms with van der Waals surface area (Å²) in [4.78, 5) is 15.1. The minimum absolute atomic E-state index is 0.0741. The molecule has 0 saturated carbocycles. The second kappa shape index (κ2) is 13.6. The van der Waals surface area contributed by atoms with Crippen LogP contribution in [0.15, 0.2) is 140 Å². The van der Waals surface area contributed by atoms with Gasteiger partial charge in [-0.05, 0) is 76.1 Å². The van der Waals surface area contributed by atoms with Crippen LogP contribution in [0.25, 0.3) is 0 Å². The normalized spacial score (nSPS) is 16.2. The molecule has 1 aliphatic rings. The Labute approximate surface area is 279 Å². The second-order valence-electron chi connectivity index (χ2n) is 13.3. The Bertz CT molecular complexity index is 1700. The molecule has 5 aromatic carbocycles. The van der Waals surface area contributed by atoms with Crippen molar-refractivity contribution in [2.45, 2.75) is 57.1 Å². The highest BCUT2D eigenvalue weighted by Crippen LogP contribution is 2.44. The van der Waals surface area contributed by atoms with Crippen molar-refractivity contribution in [1.29, 1.82) is 0 Å². The molecular formula is C41H43NO4Si. The predicted octanol–water partition coefficient (Wildman–Crippen LogP) is 8.51. The molecule has 0 spiro atoms. The lowest BCUT2D eigenvalue weighted by atomic mass is 9.77. The van der Waals surface area contributed by atoms with Crippen molar-refractivity contribution >= 4 is 36.2 Å². The molecule has 1 unspecified atom stereocenters. The molecule has 0 bridgehead atoms. The third-order valence-electron chi connectivity index (χ3n) is 9.28. The summed E-state index contributed by atoms with van der Waals surface area (Å²) in [5.41, 5.74) is 2.18. The van der Waals surface area contributed by atoms with E-state index in [1.54, 1.807) is 4.90 Å². The summed E-state index contributed by atoms with van der Waals surface area (Å²) in [6.45, 7) is 6.89. The number of ether oxygens (including phenoxy) is 1. The quantitative estimate of drug-likeness (QED) is 0.164. The van der Waals surface area contributed by atoms with Crippen LogP contribution in [-0.2, 0) is 16.8 Å². The van der Waals surface area contributed by atoms with Crippen LogP contribution in [0.2, 0.25) is 5.04 Å². The van der Waals surface area contributed by atoms with E-state index in [0.29, 0.717) is 6.42 Å². The number of para-hydroxylation sites is 2. The van der Waals surface area contributed by atoms with Crippen LogP contribution < -0.4 is 19.7 Å². The largest absolute Gasteiger partial charge is 0.534 e. The summed E-state index contributed by atoms with van der Waals surface area (Å²) < 4.78 is 13.3. The summed E-state index contributed by atoms with van der Waals surface area (Å²) in [5.74, 6) is 0.825. The molecule has 0 aliphatic heterocycles. The fraction of sp³-hybridized carbons (Fsp3) is 0.244. The summed E-state index contributed by atoms with van der Waals surface area (Å²) in [5, 5.41) is 14.4. The molecule has 1 atom stereocenters. The van der Waals surface area contributed by atoms with Crippen molar-refractivity contribution in [3.8, 4) is 5.75 Å². The van der Waals surface area contributed by atoms with Crippen LogP contribution in [-0.4, -0.2) is 26.1 Å². The summed E-state index contributed by atoms with van der Waals surface area (Å²) >= 11 is 0. The summed E-state index contributed by atoms with van der Waals surface area (Å²) in [6.07, 6.45) is 2.00. The van der Waals surface area contributed by atoms with Gasteiger partial charge in [0.05, 0.1) is 23.6 Å². The molecule has 1 aliphatic carbocycles. The fourth-order valence-corrected chi connectivity index (χ4v) is 11.5. The molecule has 6 heteroatoms. The number of anilines is 2. The van der Waals surface area contributed by atoms with E-state index in [1.807, 2.05) is 84.9 Å². The Balaban J connectivity index is 1.29. The first-order chi connectivity index (χ1) is 22.7. The summed E-state index contributed by atoms with van der Waals surface area (Å²) in [7, 11) is -2.87. The highest BCUT2D eigenvalue weighted by molar-refractivity contribution is 7.00. The molecule has 47 heavy (non-hydrogen) atoms. The van der Waals surface area contributed by atoms with E-state index in [0.717, 1.165) is 41.1 Å². The van der Waals surface area contributed by atoms with Gasteiger partial charge in [-0.2, -0.15) is 0 Å². The van der Waals surface area contributed by atoms with E-state index in [2.05, 4.69) is 75.4 Å². The molecule has 1 amide bonds. The number of hydrogen-bond acceptors (Lipinski definition) is 4. The predicted molar refractivity (Wildman–Crippen MR) is 193 cm³/mol. The topological polar surface area (TPSA) is 59.0 Å². The lowest BCUT2D eigenvalue weighted by molar-refractivity contribution is -0.00646. The van der Waals surface area contributed by atoms with Gasteiger partial charge in [0.15, 0.2) is 0 Å². The molecule has 5 nitrogen and oxygen atoms in total. The number of benzene rings is 5. The van der Waals surface area contributed by atoms with Gasteiger partial charge in [0.1, 0.15) is 5.75 Å². The Hall–Kier alpha value is -4.65. The lowest BCUT2D eigenvalue weighted by Crippen LogP contribution is -2.69. The Kier molecular flexibility index (Phi) is 9.35. The molecule has 1 N–H and O–H groups in total. The average Bonchev–Trinajstić information content (AvgIpc) is 3.09. The highest BCUT2D eigenvalue weighted by Gasteiger charge is 2.52. The number of aliphatic hydroxyl groups is 1. The Morgan fingerprint density at radius 2 is 1.26 bits per heavy atom. The molecular weight excluding hydrogens is 599 g/mol. The van der Waals surface area contributed by atoms with Crippen LogP contribution in [0.5, 0.6) is 5.75 Å². The third-order valence-corrected chi connectivity index (χ3v) is 14.2. The molecule has 0 heterocycles. The van der Waals surface area contributed by atoms with E-state index in [4.69, 9.17) is 9.16 Å². The number of hydrogen-bond donors (Lipinski definition) is 1. The zero-order chi connectivity index (χ0) is 32.9. The molecule has 0 saturated heterocycles. The van der Waals surface area contributed by atoms with Crippen molar-refractivity contribution in [3.63, 3.8) is 0 Å². The van der Waals surface area contributed by atoms with Crippen molar-refractivity contribution in [2.75, 3.05) is 11.5 Å². The van der Waals surface area contributed by atoms with Crippen molar-refractivity contribution in [2.24, 2.45) is 0 Å². The number of nitrogens with zero attached hydrogens (tertiary/aromatic N) is 1. The number of amides is 1. The molecule has 0 aromatic heterocycles. The zero-order valence-electron chi connectivity index (χ0n) is 27.4.